The summed E-state index contributed by atoms with van der Waals surface area (Å²) in [5, 5.41) is 10.9. The average Bonchev–Trinajstić information content (AvgIpc) is 3.10. The van der Waals surface area contributed by atoms with E-state index in [2.05, 4.69) is 13.8 Å². The minimum Gasteiger partial charge on any atom is -0.463 e. The summed E-state index contributed by atoms with van der Waals surface area (Å²) >= 11 is 0. The molecule has 3 fully saturated rings. The van der Waals surface area contributed by atoms with Gasteiger partial charge in [0.25, 0.3) is 0 Å². The summed E-state index contributed by atoms with van der Waals surface area (Å²) in [6.45, 7) is 9.01. The first kappa shape index (κ1) is 29.1. The molecule has 10 nitrogen and oxygen atoms in total. The lowest BCUT2D eigenvalue weighted by molar-refractivity contribution is -0.237. The lowest BCUT2D eigenvalue weighted by Crippen LogP contribution is -2.61. The average molecular weight is 549 g/mol. The fraction of sp³-hybridized carbons (Fsp3) is 0.833. The number of hydrogen-bond donors (Lipinski definition) is 1. The van der Waals surface area contributed by atoms with Crippen molar-refractivity contribution in [2.24, 2.45) is 16.7 Å². The van der Waals surface area contributed by atoms with Crippen molar-refractivity contribution >= 4 is 45.5 Å². The van der Waals surface area contributed by atoms with Gasteiger partial charge in [0.2, 0.25) is 0 Å². The summed E-state index contributed by atoms with van der Waals surface area (Å²) < 4.78 is 27.7. The zero-order chi connectivity index (χ0) is 26.8. The SMILES string of the molecule is CC(=O)OC[C@H]1O[C@@H](SSC[C@]23CC[C@H](C[C@H]2O)C3(C)C)[C@H](OC(C)=O)[C@@H](OC(C)=O)[C@@H]1OC(C)=O. The number of carbonyl (C=O) groups is 4. The predicted molar refractivity (Wildman–Crippen MR) is 132 cm³/mol. The van der Waals surface area contributed by atoms with E-state index in [0.29, 0.717) is 11.7 Å². The second-order valence-electron chi connectivity index (χ2n) is 10.3. The second kappa shape index (κ2) is 11.5. The van der Waals surface area contributed by atoms with Crippen LogP contribution in [-0.4, -0.2) is 77.3 Å². The van der Waals surface area contributed by atoms with Crippen molar-refractivity contribution in [2.75, 3.05) is 12.4 Å². The highest BCUT2D eigenvalue weighted by Crippen LogP contribution is 2.67. The number of fused-ring (bicyclic) bond motifs is 2. The monoisotopic (exact) mass is 548 g/mol. The molecule has 0 aromatic rings. The van der Waals surface area contributed by atoms with Crippen LogP contribution in [0.5, 0.6) is 0 Å². The van der Waals surface area contributed by atoms with E-state index in [4.69, 9.17) is 23.7 Å². The van der Waals surface area contributed by atoms with Crippen LogP contribution in [0.25, 0.3) is 0 Å². The van der Waals surface area contributed by atoms with Crippen LogP contribution in [0.15, 0.2) is 0 Å². The van der Waals surface area contributed by atoms with Crippen LogP contribution in [0, 0.1) is 16.7 Å². The van der Waals surface area contributed by atoms with Gasteiger partial charge in [-0.05, 0) is 30.6 Å². The zero-order valence-corrected chi connectivity index (χ0v) is 23.1. The molecule has 0 unspecified atom stereocenters. The van der Waals surface area contributed by atoms with Gasteiger partial charge in [-0.25, -0.2) is 0 Å². The minimum atomic E-state index is -1.18. The maximum atomic E-state index is 12.0. The van der Waals surface area contributed by atoms with Crippen LogP contribution in [0.4, 0.5) is 0 Å². The number of hydrogen-bond acceptors (Lipinski definition) is 12. The molecule has 204 valence electrons. The fourth-order valence-corrected chi connectivity index (χ4v) is 9.18. The summed E-state index contributed by atoms with van der Waals surface area (Å²) in [7, 11) is 2.78. The first-order valence-corrected chi connectivity index (χ1v) is 14.4. The van der Waals surface area contributed by atoms with Crippen molar-refractivity contribution in [1.29, 1.82) is 0 Å². The Hall–Kier alpha value is -1.50. The van der Waals surface area contributed by atoms with E-state index >= 15 is 0 Å². The summed E-state index contributed by atoms with van der Waals surface area (Å²) in [5.74, 6) is -1.38. The Labute approximate surface area is 219 Å². The quantitative estimate of drug-likeness (QED) is 0.258. The topological polar surface area (TPSA) is 135 Å². The molecule has 2 aliphatic carbocycles. The molecular weight excluding hydrogens is 512 g/mol. The van der Waals surface area contributed by atoms with Crippen LogP contribution in [0.1, 0.15) is 60.8 Å². The van der Waals surface area contributed by atoms with Crippen molar-refractivity contribution in [1.82, 2.24) is 0 Å². The van der Waals surface area contributed by atoms with E-state index in [1.807, 2.05) is 0 Å². The third-order valence-corrected chi connectivity index (χ3v) is 10.5. The Bertz CT molecular complexity index is 864. The second-order valence-corrected chi connectivity index (χ2v) is 12.8. The molecular formula is C24H36O10S2. The molecule has 1 aliphatic heterocycles. The third-order valence-electron chi connectivity index (χ3n) is 7.82. The highest BCUT2D eigenvalue weighted by atomic mass is 33.1. The third kappa shape index (κ3) is 5.97. The Morgan fingerprint density at radius 2 is 1.50 bits per heavy atom. The molecule has 2 saturated carbocycles. The largest absolute Gasteiger partial charge is 0.463 e. The molecule has 12 heteroatoms. The molecule has 36 heavy (non-hydrogen) atoms. The Balaban J connectivity index is 1.84. The van der Waals surface area contributed by atoms with Crippen LogP contribution < -0.4 is 0 Å². The van der Waals surface area contributed by atoms with Crippen LogP contribution >= 0.6 is 21.6 Å². The number of ether oxygens (including phenoxy) is 5. The molecule has 2 bridgehead atoms. The summed E-state index contributed by atoms with van der Waals surface area (Å²) in [4.78, 5) is 47.3. The van der Waals surface area contributed by atoms with Gasteiger partial charge in [0, 0.05) is 38.9 Å². The van der Waals surface area contributed by atoms with Gasteiger partial charge in [0.05, 0.1) is 6.10 Å². The molecule has 0 aromatic carbocycles. The van der Waals surface area contributed by atoms with Gasteiger partial charge in [-0.2, -0.15) is 0 Å². The van der Waals surface area contributed by atoms with Gasteiger partial charge in [-0.15, -0.1) is 0 Å². The first-order chi connectivity index (χ1) is 16.8. The molecule has 1 N–H and O–H groups in total. The number of esters is 4. The normalized spacial score (nSPS) is 36.7. The van der Waals surface area contributed by atoms with E-state index in [9.17, 15) is 24.3 Å². The Morgan fingerprint density at radius 1 is 0.917 bits per heavy atom. The molecule has 3 rings (SSSR count). The molecule has 3 aliphatic rings. The Morgan fingerprint density at radius 3 is 2.00 bits per heavy atom. The maximum absolute atomic E-state index is 12.0. The van der Waals surface area contributed by atoms with E-state index in [1.165, 1.54) is 49.3 Å². The van der Waals surface area contributed by atoms with Gasteiger partial charge in [0.1, 0.15) is 12.7 Å². The minimum absolute atomic E-state index is 0.0127. The number of rotatable bonds is 9. The van der Waals surface area contributed by atoms with Crippen LogP contribution in [0.3, 0.4) is 0 Å². The number of carbonyl (C=O) groups excluding carboxylic acids is 4. The van der Waals surface area contributed by atoms with Crippen molar-refractivity contribution in [3.63, 3.8) is 0 Å². The molecule has 0 aromatic heterocycles. The predicted octanol–water partition coefficient (Wildman–Crippen LogP) is 2.64. The van der Waals surface area contributed by atoms with E-state index in [-0.39, 0.29) is 17.4 Å². The summed E-state index contributed by atoms with van der Waals surface area (Å²) in [6.07, 6.45) is -1.99. The van der Waals surface area contributed by atoms with Gasteiger partial charge < -0.3 is 28.8 Å². The highest BCUT2D eigenvalue weighted by Gasteiger charge is 2.63. The molecule has 0 spiro atoms. The first-order valence-electron chi connectivity index (χ1n) is 12.1. The van der Waals surface area contributed by atoms with Crippen molar-refractivity contribution in [2.45, 2.75) is 96.8 Å². The molecule has 0 amide bonds. The molecule has 8 atom stereocenters. The molecule has 0 radical (unpaired) electrons. The maximum Gasteiger partial charge on any atom is 0.303 e. The number of aliphatic hydroxyl groups is 1. The zero-order valence-electron chi connectivity index (χ0n) is 21.5. The van der Waals surface area contributed by atoms with Gasteiger partial charge in [-0.3, -0.25) is 19.2 Å². The number of aliphatic hydroxyl groups excluding tert-OH is 1. The van der Waals surface area contributed by atoms with Gasteiger partial charge in [-0.1, -0.05) is 35.4 Å². The van der Waals surface area contributed by atoms with Crippen molar-refractivity contribution in [3.8, 4) is 0 Å². The standard InChI is InChI=1S/C24H36O10S2/c1-12(25)30-10-17-19(31-13(2)26)20(32-14(3)27)21(33-15(4)28)22(34-17)36-35-11-24-8-7-16(9-18(24)29)23(24,5)6/h16-22,29H,7-11H2,1-6H3/t16-,17-,18-,19-,20+,21-,22+,24-/m1/s1. The summed E-state index contributed by atoms with van der Waals surface area (Å²) in [6, 6.07) is 0. The van der Waals surface area contributed by atoms with E-state index < -0.39 is 59.8 Å². The van der Waals surface area contributed by atoms with E-state index in [0.717, 1.165) is 19.3 Å². The van der Waals surface area contributed by atoms with Crippen LogP contribution in [-0.2, 0) is 42.9 Å². The molecule has 1 saturated heterocycles. The highest BCUT2D eigenvalue weighted by molar-refractivity contribution is 8.76. The van der Waals surface area contributed by atoms with Crippen molar-refractivity contribution in [3.05, 3.63) is 0 Å². The van der Waals surface area contributed by atoms with Crippen molar-refractivity contribution < 1.29 is 48.0 Å². The molecule has 1 heterocycles. The Kier molecular flexibility index (Phi) is 9.27. The fourth-order valence-electron chi connectivity index (χ4n) is 5.85. The van der Waals surface area contributed by atoms with E-state index in [1.54, 1.807) is 0 Å². The summed E-state index contributed by atoms with van der Waals surface area (Å²) in [5.41, 5.74) is -1.08. The van der Waals surface area contributed by atoms with Gasteiger partial charge >= 0.3 is 23.9 Å². The smallest absolute Gasteiger partial charge is 0.303 e. The lowest BCUT2D eigenvalue weighted by Gasteiger charge is -2.44. The lowest BCUT2D eigenvalue weighted by atomic mass is 9.70. The van der Waals surface area contributed by atoms with Crippen LogP contribution in [0.2, 0.25) is 0 Å². The van der Waals surface area contributed by atoms with Gasteiger partial charge in [0.15, 0.2) is 23.7 Å².